The van der Waals surface area contributed by atoms with E-state index in [2.05, 4.69) is 31.5 Å². The average Bonchev–Trinajstić information content (AvgIpc) is 3.01. The first-order valence-corrected chi connectivity index (χ1v) is 10.5. The summed E-state index contributed by atoms with van der Waals surface area (Å²) < 4.78 is 2.47. The number of carbonyl (C=O) groups is 2. The molecule has 0 fully saturated rings. The van der Waals surface area contributed by atoms with E-state index in [4.69, 9.17) is 0 Å². The number of aromatic nitrogens is 1. The highest BCUT2D eigenvalue weighted by molar-refractivity contribution is 9.10. The van der Waals surface area contributed by atoms with Gasteiger partial charge < -0.3 is 15.0 Å². The number of benzene rings is 2. The topological polar surface area (TPSA) is 96.0 Å². The summed E-state index contributed by atoms with van der Waals surface area (Å²) >= 11 is 3.34. The number of fused-ring (bicyclic) bond motifs is 1. The molecule has 30 heavy (non-hydrogen) atoms. The van der Waals surface area contributed by atoms with Crippen LogP contribution in [0.1, 0.15) is 43.1 Å². The van der Waals surface area contributed by atoms with Gasteiger partial charge in [0.1, 0.15) is 0 Å². The second kappa shape index (κ2) is 9.67. The van der Waals surface area contributed by atoms with Crippen LogP contribution in [0.4, 0.5) is 5.69 Å². The summed E-state index contributed by atoms with van der Waals surface area (Å²) in [5, 5.41) is 21.8. The van der Waals surface area contributed by atoms with E-state index in [1.54, 1.807) is 22.8 Å². The standard InChI is InChI=1S/C22H23BrN4O3/c1-14(2)27-18-11-6-4-9-16(18)20(22(27)30)26-25-19(28)12-7-13-24-21(29)15-8-3-5-10-17(15)23/h3-6,8-11,14,30H,7,12-13H2,1-2H3,(H,24,29). The zero-order valence-corrected chi connectivity index (χ0v) is 18.4. The number of para-hydroxylation sites is 1. The van der Waals surface area contributed by atoms with Crippen LogP contribution in [-0.4, -0.2) is 28.0 Å². The Labute approximate surface area is 182 Å². The highest BCUT2D eigenvalue weighted by Crippen LogP contribution is 2.40. The molecule has 3 aromatic rings. The Morgan fingerprint density at radius 3 is 2.57 bits per heavy atom. The molecule has 2 aromatic carbocycles. The lowest BCUT2D eigenvalue weighted by Gasteiger charge is -2.10. The molecular weight excluding hydrogens is 448 g/mol. The molecule has 0 aliphatic rings. The Kier molecular flexibility index (Phi) is 6.99. The average molecular weight is 471 g/mol. The van der Waals surface area contributed by atoms with E-state index in [9.17, 15) is 14.7 Å². The second-order valence-corrected chi connectivity index (χ2v) is 7.94. The molecule has 0 unspecified atom stereocenters. The fourth-order valence-electron chi connectivity index (χ4n) is 3.19. The van der Waals surface area contributed by atoms with Crippen molar-refractivity contribution >= 4 is 44.3 Å². The summed E-state index contributed by atoms with van der Waals surface area (Å²) in [6.07, 6.45) is 0.580. The third kappa shape index (κ3) is 4.76. The van der Waals surface area contributed by atoms with Gasteiger partial charge in [-0.2, -0.15) is 0 Å². The van der Waals surface area contributed by atoms with Crippen molar-refractivity contribution in [2.45, 2.75) is 32.7 Å². The van der Waals surface area contributed by atoms with Gasteiger partial charge >= 0.3 is 0 Å². The van der Waals surface area contributed by atoms with Crippen LogP contribution in [0, 0.1) is 0 Å². The first kappa shape index (κ1) is 21.7. The van der Waals surface area contributed by atoms with E-state index in [0.29, 0.717) is 23.0 Å². The van der Waals surface area contributed by atoms with Crippen LogP contribution in [0.5, 0.6) is 5.88 Å². The summed E-state index contributed by atoms with van der Waals surface area (Å²) in [7, 11) is 0. The molecule has 0 spiro atoms. The quantitative estimate of drug-likeness (QED) is 0.351. The maximum absolute atomic E-state index is 12.1. The third-order valence-electron chi connectivity index (χ3n) is 4.61. The van der Waals surface area contributed by atoms with Crippen molar-refractivity contribution in [2.75, 3.05) is 6.54 Å². The second-order valence-electron chi connectivity index (χ2n) is 7.09. The maximum atomic E-state index is 12.1. The number of nitrogens with zero attached hydrogens (tertiary/aromatic N) is 3. The molecule has 0 atom stereocenters. The molecule has 2 N–H and O–H groups in total. The molecule has 0 bridgehead atoms. The Bertz CT molecular complexity index is 1100. The van der Waals surface area contributed by atoms with Gasteiger partial charge in [0, 0.05) is 28.9 Å². The molecule has 0 saturated heterocycles. The SMILES string of the molecule is CC(C)n1c(O)c(N=NC(=O)CCCNC(=O)c2ccccc2Br)c2ccccc21. The van der Waals surface area contributed by atoms with Crippen LogP contribution < -0.4 is 5.32 Å². The Balaban J connectivity index is 1.59. The minimum atomic E-state index is -0.411. The van der Waals surface area contributed by atoms with Crippen LogP contribution in [-0.2, 0) is 4.79 Å². The normalized spacial score (nSPS) is 11.5. The van der Waals surface area contributed by atoms with Gasteiger partial charge in [0.25, 0.3) is 11.8 Å². The van der Waals surface area contributed by atoms with Crippen molar-refractivity contribution < 1.29 is 14.7 Å². The monoisotopic (exact) mass is 470 g/mol. The largest absolute Gasteiger partial charge is 0.493 e. The van der Waals surface area contributed by atoms with Crippen molar-refractivity contribution in [1.82, 2.24) is 9.88 Å². The fraction of sp³-hybridized carbons (Fsp3) is 0.273. The van der Waals surface area contributed by atoms with E-state index in [1.807, 2.05) is 44.2 Å². The van der Waals surface area contributed by atoms with Gasteiger partial charge in [0.2, 0.25) is 5.88 Å². The number of aromatic hydroxyl groups is 1. The molecule has 0 aliphatic heterocycles. The number of hydrogen-bond donors (Lipinski definition) is 2. The Hall–Kier alpha value is -3.00. The third-order valence-corrected chi connectivity index (χ3v) is 5.30. The zero-order chi connectivity index (χ0) is 21.7. The van der Waals surface area contributed by atoms with Gasteiger partial charge in [-0.15, -0.1) is 10.2 Å². The number of halogens is 1. The van der Waals surface area contributed by atoms with Crippen molar-refractivity contribution in [1.29, 1.82) is 0 Å². The number of rotatable bonds is 7. The zero-order valence-electron chi connectivity index (χ0n) is 16.8. The summed E-state index contributed by atoms with van der Waals surface area (Å²) in [6.45, 7) is 4.26. The van der Waals surface area contributed by atoms with E-state index in [0.717, 1.165) is 10.9 Å². The smallest absolute Gasteiger partial charge is 0.264 e. The highest BCUT2D eigenvalue weighted by atomic mass is 79.9. The number of hydrogen-bond acceptors (Lipinski definition) is 4. The maximum Gasteiger partial charge on any atom is 0.264 e. The van der Waals surface area contributed by atoms with Gasteiger partial charge in [-0.1, -0.05) is 30.3 Å². The van der Waals surface area contributed by atoms with Crippen LogP contribution in [0.15, 0.2) is 63.2 Å². The summed E-state index contributed by atoms with van der Waals surface area (Å²) in [5.41, 5.74) is 1.66. The van der Waals surface area contributed by atoms with Gasteiger partial charge in [0.15, 0.2) is 5.69 Å². The predicted molar refractivity (Wildman–Crippen MR) is 119 cm³/mol. The highest BCUT2D eigenvalue weighted by Gasteiger charge is 2.18. The van der Waals surface area contributed by atoms with Crippen molar-refractivity contribution in [2.24, 2.45) is 10.2 Å². The molecule has 1 heterocycles. The van der Waals surface area contributed by atoms with Crippen molar-refractivity contribution in [3.8, 4) is 5.88 Å². The first-order chi connectivity index (χ1) is 14.4. The lowest BCUT2D eigenvalue weighted by atomic mass is 10.2. The van der Waals surface area contributed by atoms with Crippen LogP contribution in [0.3, 0.4) is 0 Å². The number of nitrogens with one attached hydrogen (secondary N) is 1. The van der Waals surface area contributed by atoms with E-state index in [-0.39, 0.29) is 29.9 Å². The molecule has 3 rings (SSSR count). The molecule has 0 radical (unpaired) electrons. The van der Waals surface area contributed by atoms with E-state index >= 15 is 0 Å². The van der Waals surface area contributed by atoms with Gasteiger partial charge in [0.05, 0.1) is 11.1 Å². The summed E-state index contributed by atoms with van der Waals surface area (Å²) in [5.74, 6) is -0.627. The molecule has 7 nitrogen and oxygen atoms in total. The number of carbonyl (C=O) groups excluding carboxylic acids is 2. The van der Waals surface area contributed by atoms with Gasteiger partial charge in [-0.05, 0) is 54.4 Å². The lowest BCUT2D eigenvalue weighted by molar-refractivity contribution is -0.118. The van der Waals surface area contributed by atoms with E-state index in [1.165, 1.54) is 0 Å². The lowest BCUT2D eigenvalue weighted by Crippen LogP contribution is -2.25. The minimum absolute atomic E-state index is 0.0107. The van der Waals surface area contributed by atoms with Gasteiger partial charge in [-0.3, -0.25) is 9.59 Å². The number of azo groups is 1. The molecule has 2 amide bonds. The summed E-state index contributed by atoms with van der Waals surface area (Å²) in [4.78, 5) is 24.2. The van der Waals surface area contributed by atoms with Crippen molar-refractivity contribution in [3.63, 3.8) is 0 Å². The van der Waals surface area contributed by atoms with Crippen LogP contribution in [0.2, 0.25) is 0 Å². The first-order valence-electron chi connectivity index (χ1n) is 9.69. The molecule has 1 aromatic heterocycles. The van der Waals surface area contributed by atoms with Crippen LogP contribution >= 0.6 is 15.9 Å². The molecule has 0 aliphatic carbocycles. The Morgan fingerprint density at radius 2 is 1.83 bits per heavy atom. The molecule has 156 valence electrons. The summed E-state index contributed by atoms with van der Waals surface area (Å²) in [6, 6.07) is 14.6. The van der Waals surface area contributed by atoms with E-state index < -0.39 is 5.91 Å². The van der Waals surface area contributed by atoms with Crippen LogP contribution in [0.25, 0.3) is 10.9 Å². The fourth-order valence-corrected chi connectivity index (χ4v) is 3.66. The Morgan fingerprint density at radius 1 is 1.13 bits per heavy atom. The molecule has 0 saturated carbocycles. The van der Waals surface area contributed by atoms with Gasteiger partial charge in [-0.25, -0.2) is 0 Å². The minimum Gasteiger partial charge on any atom is -0.493 e. The molecule has 8 heteroatoms. The van der Waals surface area contributed by atoms with Crippen molar-refractivity contribution in [3.05, 3.63) is 58.6 Å². The number of amides is 2. The predicted octanol–water partition coefficient (Wildman–Crippen LogP) is 5.51. The molecular formula is C22H23BrN4O3.